The van der Waals surface area contributed by atoms with Gasteiger partial charge in [-0.3, -0.25) is 0 Å². The molecule has 0 aliphatic rings. The smallest absolute Gasteiger partial charge is 0.165 e. The third kappa shape index (κ3) is 2.12. The standard InChI is InChI=1S/C19H19N5/c1-12-8-13(2)17(14(3)9-12)24-19(20-10-22-24)15-6-5-7-16-18(15)23(4)11-21-16/h5-11H,1-4H3. The first-order chi connectivity index (χ1) is 11.6. The van der Waals surface area contributed by atoms with Crippen molar-refractivity contribution in [2.45, 2.75) is 20.8 Å². The van der Waals surface area contributed by atoms with Crippen molar-refractivity contribution < 1.29 is 0 Å². The van der Waals surface area contributed by atoms with Gasteiger partial charge in [-0.1, -0.05) is 23.8 Å². The van der Waals surface area contributed by atoms with Crippen LogP contribution in [0.4, 0.5) is 0 Å². The van der Waals surface area contributed by atoms with Crippen LogP contribution in [-0.4, -0.2) is 24.3 Å². The second-order valence-corrected chi connectivity index (χ2v) is 6.27. The minimum absolute atomic E-state index is 0.833. The number of para-hydroxylation sites is 1. The van der Waals surface area contributed by atoms with Gasteiger partial charge >= 0.3 is 0 Å². The fraction of sp³-hybridized carbons (Fsp3) is 0.211. The molecule has 2 aromatic heterocycles. The molecule has 24 heavy (non-hydrogen) atoms. The number of fused-ring (bicyclic) bond motifs is 1. The highest BCUT2D eigenvalue weighted by Crippen LogP contribution is 2.30. The Morgan fingerprint density at radius 3 is 2.46 bits per heavy atom. The first-order valence-corrected chi connectivity index (χ1v) is 7.95. The van der Waals surface area contributed by atoms with Crippen LogP contribution < -0.4 is 0 Å². The van der Waals surface area contributed by atoms with Crippen LogP contribution >= 0.6 is 0 Å². The van der Waals surface area contributed by atoms with E-state index in [2.05, 4.69) is 54.0 Å². The van der Waals surface area contributed by atoms with E-state index < -0.39 is 0 Å². The normalized spacial score (nSPS) is 11.3. The lowest BCUT2D eigenvalue weighted by Crippen LogP contribution is -2.05. The molecule has 120 valence electrons. The zero-order valence-corrected chi connectivity index (χ0v) is 14.3. The van der Waals surface area contributed by atoms with Crippen molar-refractivity contribution >= 4 is 11.0 Å². The Morgan fingerprint density at radius 1 is 0.958 bits per heavy atom. The minimum atomic E-state index is 0.833. The Morgan fingerprint density at radius 2 is 1.71 bits per heavy atom. The summed E-state index contributed by atoms with van der Waals surface area (Å²) in [4.78, 5) is 8.99. The van der Waals surface area contributed by atoms with Crippen molar-refractivity contribution in [1.29, 1.82) is 0 Å². The summed E-state index contributed by atoms with van der Waals surface area (Å²) in [5, 5.41) is 4.51. The highest BCUT2D eigenvalue weighted by molar-refractivity contribution is 5.90. The summed E-state index contributed by atoms with van der Waals surface area (Å²) in [6.45, 7) is 6.35. The number of benzene rings is 2. The highest BCUT2D eigenvalue weighted by Gasteiger charge is 2.17. The van der Waals surface area contributed by atoms with Gasteiger partial charge in [0.25, 0.3) is 0 Å². The first-order valence-electron chi connectivity index (χ1n) is 7.95. The molecule has 0 saturated heterocycles. The molecule has 2 aromatic carbocycles. The summed E-state index contributed by atoms with van der Waals surface area (Å²) in [6.07, 6.45) is 3.44. The van der Waals surface area contributed by atoms with Gasteiger partial charge in [0.15, 0.2) is 5.82 Å². The monoisotopic (exact) mass is 317 g/mol. The topological polar surface area (TPSA) is 48.5 Å². The first kappa shape index (κ1) is 14.6. The Balaban J connectivity index is 2.01. The van der Waals surface area contributed by atoms with Crippen LogP contribution in [0.2, 0.25) is 0 Å². The van der Waals surface area contributed by atoms with Crippen molar-refractivity contribution in [3.05, 3.63) is 59.7 Å². The molecule has 0 bridgehead atoms. The average Bonchev–Trinajstić information content (AvgIpc) is 3.14. The number of rotatable bonds is 2. The van der Waals surface area contributed by atoms with Gasteiger partial charge in [-0.2, -0.15) is 5.10 Å². The fourth-order valence-corrected chi connectivity index (χ4v) is 3.49. The Kier molecular flexibility index (Phi) is 3.23. The third-order valence-electron chi connectivity index (χ3n) is 4.37. The van der Waals surface area contributed by atoms with E-state index in [-0.39, 0.29) is 0 Å². The van der Waals surface area contributed by atoms with Gasteiger partial charge in [0.1, 0.15) is 6.33 Å². The van der Waals surface area contributed by atoms with Gasteiger partial charge in [-0.15, -0.1) is 0 Å². The summed E-state index contributed by atoms with van der Waals surface area (Å²) in [6, 6.07) is 10.5. The van der Waals surface area contributed by atoms with Gasteiger partial charge in [0, 0.05) is 12.6 Å². The highest BCUT2D eigenvalue weighted by atomic mass is 15.3. The molecule has 0 N–H and O–H groups in total. The number of aryl methyl sites for hydroxylation is 4. The van der Waals surface area contributed by atoms with Crippen molar-refractivity contribution in [3.63, 3.8) is 0 Å². The number of hydrogen-bond donors (Lipinski definition) is 0. The minimum Gasteiger partial charge on any atom is -0.333 e. The molecule has 0 aliphatic heterocycles. The molecular formula is C19H19N5. The molecule has 0 fully saturated rings. The zero-order valence-electron chi connectivity index (χ0n) is 14.3. The van der Waals surface area contributed by atoms with Gasteiger partial charge in [0.2, 0.25) is 0 Å². The Bertz CT molecular complexity index is 1030. The predicted molar refractivity (Wildman–Crippen MR) is 95.3 cm³/mol. The van der Waals surface area contributed by atoms with Crippen LogP contribution in [0.5, 0.6) is 0 Å². The van der Waals surface area contributed by atoms with Crippen molar-refractivity contribution in [1.82, 2.24) is 24.3 Å². The van der Waals surface area contributed by atoms with Gasteiger partial charge in [-0.05, 0) is 44.0 Å². The molecule has 5 nitrogen and oxygen atoms in total. The Hall–Kier alpha value is -2.95. The molecule has 0 saturated carbocycles. The predicted octanol–water partition coefficient (Wildman–Crippen LogP) is 3.75. The molecule has 5 heteroatoms. The lowest BCUT2D eigenvalue weighted by molar-refractivity contribution is 0.869. The van der Waals surface area contributed by atoms with Crippen LogP contribution in [0.25, 0.3) is 28.1 Å². The number of hydrogen-bond acceptors (Lipinski definition) is 3. The van der Waals surface area contributed by atoms with E-state index in [1.165, 1.54) is 16.7 Å². The average molecular weight is 317 g/mol. The van der Waals surface area contributed by atoms with Crippen LogP contribution in [0.3, 0.4) is 0 Å². The van der Waals surface area contributed by atoms with Crippen LogP contribution in [0, 0.1) is 20.8 Å². The van der Waals surface area contributed by atoms with E-state index in [0.29, 0.717) is 0 Å². The van der Waals surface area contributed by atoms with E-state index in [4.69, 9.17) is 0 Å². The molecule has 0 aliphatic carbocycles. The van der Waals surface area contributed by atoms with Crippen LogP contribution in [0.1, 0.15) is 16.7 Å². The molecule has 0 spiro atoms. The molecule has 0 radical (unpaired) electrons. The summed E-state index contributed by atoms with van der Waals surface area (Å²) in [5.41, 5.74) is 7.78. The van der Waals surface area contributed by atoms with Gasteiger partial charge < -0.3 is 4.57 Å². The summed E-state index contributed by atoms with van der Waals surface area (Å²) in [7, 11) is 2.00. The van der Waals surface area contributed by atoms with E-state index in [0.717, 1.165) is 28.1 Å². The van der Waals surface area contributed by atoms with E-state index in [1.54, 1.807) is 6.33 Å². The van der Waals surface area contributed by atoms with E-state index >= 15 is 0 Å². The molecule has 2 heterocycles. The second kappa shape index (κ2) is 5.30. The molecule has 4 aromatic rings. The SMILES string of the molecule is Cc1cc(C)c(-n2ncnc2-c2cccc3ncn(C)c23)c(C)c1. The summed E-state index contributed by atoms with van der Waals surface area (Å²) >= 11 is 0. The molecular weight excluding hydrogens is 298 g/mol. The van der Waals surface area contributed by atoms with Crippen LogP contribution in [-0.2, 0) is 7.05 Å². The van der Waals surface area contributed by atoms with Crippen molar-refractivity contribution in [3.8, 4) is 17.1 Å². The second-order valence-electron chi connectivity index (χ2n) is 6.27. The molecule has 0 atom stereocenters. The lowest BCUT2D eigenvalue weighted by Gasteiger charge is -2.14. The maximum atomic E-state index is 4.55. The fourth-order valence-electron chi connectivity index (χ4n) is 3.49. The van der Waals surface area contributed by atoms with E-state index in [9.17, 15) is 0 Å². The molecule has 0 amide bonds. The quantitative estimate of drug-likeness (QED) is 0.566. The maximum Gasteiger partial charge on any atom is 0.165 e. The van der Waals surface area contributed by atoms with Crippen LogP contribution in [0.15, 0.2) is 43.0 Å². The van der Waals surface area contributed by atoms with Gasteiger partial charge in [0.05, 0.1) is 23.0 Å². The van der Waals surface area contributed by atoms with Crippen molar-refractivity contribution in [2.24, 2.45) is 7.05 Å². The Labute approximate surface area is 140 Å². The largest absolute Gasteiger partial charge is 0.333 e. The molecule has 0 unspecified atom stereocenters. The number of aromatic nitrogens is 5. The van der Waals surface area contributed by atoms with E-state index in [1.807, 2.05) is 34.8 Å². The van der Waals surface area contributed by atoms with Crippen molar-refractivity contribution in [2.75, 3.05) is 0 Å². The number of nitrogens with zero attached hydrogens (tertiary/aromatic N) is 5. The van der Waals surface area contributed by atoms with Gasteiger partial charge in [-0.25, -0.2) is 14.6 Å². The summed E-state index contributed by atoms with van der Waals surface area (Å²) in [5.74, 6) is 0.833. The maximum absolute atomic E-state index is 4.55. The summed E-state index contributed by atoms with van der Waals surface area (Å²) < 4.78 is 3.96. The zero-order chi connectivity index (χ0) is 16.8. The molecule has 4 rings (SSSR count). The lowest BCUT2D eigenvalue weighted by atomic mass is 10.0. The third-order valence-corrected chi connectivity index (χ3v) is 4.37. The number of imidazole rings is 1.